The number of hydrogen-bond acceptors (Lipinski definition) is 4. The first-order valence-electron chi connectivity index (χ1n) is 6.93. The van der Waals surface area contributed by atoms with Crippen LogP contribution in [0.25, 0.3) is 0 Å². The Labute approximate surface area is 135 Å². The summed E-state index contributed by atoms with van der Waals surface area (Å²) in [6.07, 6.45) is 1.68. The maximum atomic E-state index is 5.67. The van der Waals surface area contributed by atoms with Gasteiger partial charge in [-0.15, -0.1) is 0 Å². The highest BCUT2D eigenvalue weighted by molar-refractivity contribution is 7.80. The Morgan fingerprint density at radius 1 is 1.23 bits per heavy atom. The predicted octanol–water partition coefficient (Wildman–Crippen LogP) is 2.84. The molecule has 0 fully saturated rings. The molecule has 0 saturated heterocycles. The van der Waals surface area contributed by atoms with Crippen molar-refractivity contribution < 1.29 is 9.47 Å². The van der Waals surface area contributed by atoms with Crippen LogP contribution in [0.3, 0.4) is 0 Å². The first-order valence-corrected chi connectivity index (χ1v) is 7.34. The summed E-state index contributed by atoms with van der Waals surface area (Å²) < 4.78 is 10.9. The van der Waals surface area contributed by atoms with Crippen LogP contribution in [-0.4, -0.2) is 29.9 Å². The van der Waals surface area contributed by atoms with Crippen LogP contribution in [0.15, 0.2) is 48.7 Å². The summed E-state index contributed by atoms with van der Waals surface area (Å²) in [4.78, 5) is 4.20. The molecule has 1 aromatic carbocycles. The zero-order valence-corrected chi connectivity index (χ0v) is 13.4. The molecule has 0 aliphatic heterocycles. The van der Waals surface area contributed by atoms with Crippen LogP contribution in [0.2, 0.25) is 0 Å². The van der Waals surface area contributed by atoms with Gasteiger partial charge in [-0.05, 0) is 43.4 Å². The second-order valence-electron chi connectivity index (χ2n) is 4.68. The second-order valence-corrected chi connectivity index (χ2v) is 5.09. The first-order chi connectivity index (χ1) is 10.7. The molecular weight excluding hydrogens is 298 g/mol. The summed E-state index contributed by atoms with van der Waals surface area (Å²) in [6, 6.07) is 13.3. The third-order valence-electron chi connectivity index (χ3n) is 2.84. The number of thiocarbonyl (C=S) groups is 1. The van der Waals surface area contributed by atoms with Gasteiger partial charge in [0.15, 0.2) is 16.7 Å². The lowest BCUT2D eigenvalue weighted by Crippen LogP contribution is -2.39. The average Bonchev–Trinajstić information content (AvgIpc) is 2.54. The van der Waals surface area contributed by atoms with Gasteiger partial charge in [0.25, 0.3) is 0 Å². The number of aromatic nitrogens is 1. The van der Waals surface area contributed by atoms with E-state index in [4.69, 9.17) is 21.7 Å². The summed E-state index contributed by atoms with van der Waals surface area (Å²) in [5.41, 5.74) is 0. The molecular formula is C16H19N3O2S. The largest absolute Gasteiger partial charge is 0.493 e. The quantitative estimate of drug-likeness (QED) is 0.799. The molecule has 2 N–H and O–H groups in total. The highest BCUT2D eigenvalue weighted by atomic mass is 32.1. The van der Waals surface area contributed by atoms with Gasteiger partial charge in [0, 0.05) is 6.20 Å². The van der Waals surface area contributed by atoms with Gasteiger partial charge in [0.1, 0.15) is 12.4 Å². The number of ether oxygens (including phenoxy) is 2. The smallest absolute Gasteiger partial charge is 0.174 e. The van der Waals surface area contributed by atoms with Gasteiger partial charge in [-0.25, -0.2) is 4.98 Å². The molecule has 0 amide bonds. The van der Waals surface area contributed by atoms with E-state index < -0.39 is 0 Å². The molecule has 5 nitrogen and oxygen atoms in total. The Morgan fingerprint density at radius 3 is 2.73 bits per heavy atom. The normalized spacial score (nSPS) is 11.4. The molecule has 0 radical (unpaired) electrons. The van der Waals surface area contributed by atoms with Gasteiger partial charge in [-0.1, -0.05) is 18.2 Å². The molecule has 0 aliphatic carbocycles. The van der Waals surface area contributed by atoms with E-state index in [1.54, 1.807) is 19.4 Å². The summed E-state index contributed by atoms with van der Waals surface area (Å²) in [7, 11) is 1.59. The second kappa shape index (κ2) is 8.19. The van der Waals surface area contributed by atoms with E-state index in [1.165, 1.54) is 0 Å². The van der Waals surface area contributed by atoms with E-state index in [9.17, 15) is 0 Å². The lowest BCUT2D eigenvalue weighted by molar-refractivity contribution is 0.287. The standard InChI is InChI=1S/C16H19N3O2S/c1-12(11-21-13-7-4-3-5-8-13)18-16(22)19-15-14(20-2)9-6-10-17-15/h3-10,12H,11H2,1-2H3,(H2,17,18,19,22)/t12-/m1/s1. The SMILES string of the molecule is COc1cccnc1NC(=S)N[C@H](C)COc1ccccc1. The molecule has 1 atom stereocenters. The fraction of sp³-hybridized carbons (Fsp3) is 0.250. The van der Waals surface area contributed by atoms with Gasteiger partial charge in [-0.2, -0.15) is 0 Å². The summed E-state index contributed by atoms with van der Waals surface area (Å²) in [5, 5.41) is 6.64. The monoisotopic (exact) mass is 317 g/mol. The maximum absolute atomic E-state index is 5.67. The summed E-state index contributed by atoms with van der Waals surface area (Å²) in [5.74, 6) is 2.06. The molecule has 0 spiro atoms. The highest BCUT2D eigenvalue weighted by Gasteiger charge is 2.08. The number of para-hydroxylation sites is 1. The molecule has 1 heterocycles. The van der Waals surface area contributed by atoms with Gasteiger partial charge in [0.2, 0.25) is 0 Å². The fourth-order valence-corrected chi connectivity index (χ4v) is 2.09. The Hall–Kier alpha value is -2.34. The Balaban J connectivity index is 1.81. The van der Waals surface area contributed by atoms with Crippen molar-refractivity contribution in [3.8, 4) is 11.5 Å². The molecule has 0 unspecified atom stereocenters. The topological polar surface area (TPSA) is 55.4 Å². The molecule has 116 valence electrons. The number of methoxy groups -OCH3 is 1. The highest BCUT2D eigenvalue weighted by Crippen LogP contribution is 2.19. The van der Waals surface area contributed by atoms with E-state index in [2.05, 4.69) is 15.6 Å². The Bertz CT molecular complexity index is 607. The van der Waals surface area contributed by atoms with Crippen LogP contribution in [0, 0.1) is 0 Å². The predicted molar refractivity (Wildman–Crippen MR) is 91.5 cm³/mol. The fourth-order valence-electron chi connectivity index (χ4n) is 1.80. The van der Waals surface area contributed by atoms with Crippen LogP contribution >= 0.6 is 12.2 Å². The van der Waals surface area contributed by atoms with Crippen molar-refractivity contribution in [1.29, 1.82) is 0 Å². The molecule has 0 saturated carbocycles. The van der Waals surface area contributed by atoms with Crippen molar-refractivity contribution in [3.63, 3.8) is 0 Å². The van der Waals surface area contributed by atoms with E-state index in [1.807, 2.05) is 43.3 Å². The molecule has 2 aromatic rings. The minimum Gasteiger partial charge on any atom is -0.493 e. The lowest BCUT2D eigenvalue weighted by Gasteiger charge is -2.18. The summed E-state index contributed by atoms with van der Waals surface area (Å²) >= 11 is 5.28. The van der Waals surface area contributed by atoms with Crippen molar-refractivity contribution in [1.82, 2.24) is 10.3 Å². The first kappa shape index (κ1) is 16.0. The van der Waals surface area contributed by atoms with E-state index in [-0.39, 0.29) is 6.04 Å². The lowest BCUT2D eigenvalue weighted by atomic mass is 10.3. The van der Waals surface area contributed by atoms with Crippen LogP contribution in [-0.2, 0) is 0 Å². The Kier molecular flexibility index (Phi) is 5.97. The van der Waals surface area contributed by atoms with Gasteiger partial charge < -0.3 is 20.1 Å². The van der Waals surface area contributed by atoms with Crippen molar-refractivity contribution in [2.45, 2.75) is 13.0 Å². The van der Waals surface area contributed by atoms with E-state index in [0.29, 0.717) is 23.3 Å². The molecule has 6 heteroatoms. The molecule has 0 bridgehead atoms. The third kappa shape index (κ3) is 4.89. The summed E-state index contributed by atoms with van der Waals surface area (Å²) in [6.45, 7) is 2.50. The maximum Gasteiger partial charge on any atom is 0.174 e. The van der Waals surface area contributed by atoms with E-state index in [0.717, 1.165) is 5.75 Å². The minimum atomic E-state index is 0.0508. The number of rotatable bonds is 6. The molecule has 1 aromatic heterocycles. The number of hydrogen-bond donors (Lipinski definition) is 2. The van der Waals surface area contributed by atoms with Crippen molar-refractivity contribution >= 4 is 23.1 Å². The van der Waals surface area contributed by atoms with Crippen molar-refractivity contribution in [2.75, 3.05) is 19.0 Å². The number of benzene rings is 1. The minimum absolute atomic E-state index is 0.0508. The van der Waals surface area contributed by atoms with Crippen LogP contribution < -0.4 is 20.1 Å². The van der Waals surface area contributed by atoms with Crippen LogP contribution in [0.1, 0.15) is 6.92 Å². The van der Waals surface area contributed by atoms with Crippen molar-refractivity contribution in [3.05, 3.63) is 48.7 Å². The molecule has 2 rings (SSSR count). The average molecular weight is 317 g/mol. The number of pyridine rings is 1. The van der Waals surface area contributed by atoms with Gasteiger partial charge >= 0.3 is 0 Å². The zero-order valence-electron chi connectivity index (χ0n) is 12.6. The zero-order chi connectivity index (χ0) is 15.8. The van der Waals surface area contributed by atoms with Crippen LogP contribution in [0.5, 0.6) is 11.5 Å². The van der Waals surface area contributed by atoms with Gasteiger partial charge in [0.05, 0.1) is 13.2 Å². The van der Waals surface area contributed by atoms with Gasteiger partial charge in [-0.3, -0.25) is 0 Å². The number of anilines is 1. The van der Waals surface area contributed by atoms with Crippen LogP contribution in [0.4, 0.5) is 5.82 Å². The molecule has 0 aliphatic rings. The Morgan fingerprint density at radius 2 is 2.00 bits per heavy atom. The number of nitrogens with one attached hydrogen (secondary N) is 2. The molecule has 22 heavy (non-hydrogen) atoms. The van der Waals surface area contributed by atoms with E-state index >= 15 is 0 Å². The third-order valence-corrected chi connectivity index (χ3v) is 3.06. The number of nitrogens with zero attached hydrogens (tertiary/aromatic N) is 1. The van der Waals surface area contributed by atoms with Crippen molar-refractivity contribution in [2.24, 2.45) is 0 Å².